The van der Waals surface area contributed by atoms with Gasteiger partial charge < -0.3 is 4.42 Å². The summed E-state index contributed by atoms with van der Waals surface area (Å²) in [6, 6.07) is 5.49. The number of nitrogens with one attached hydrogen (secondary N) is 1. The fourth-order valence-corrected chi connectivity index (χ4v) is 3.56. The van der Waals surface area contributed by atoms with Crippen molar-refractivity contribution in [2.24, 2.45) is 0 Å². The van der Waals surface area contributed by atoms with Crippen LogP contribution in [-0.2, 0) is 0 Å². The maximum atomic E-state index is 11.6. The number of aromatic nitrogens is 1. The van der Waals surface area contributed by atoms with E-state index in [1.165, 1.54) is 6.42 Å². The van der Waals surface area contributed by atoms with Gasteiger partial charge in [0.25, 0.3) is 0 Å². The highest BCUT2D eigenvalue weighted by Gasteiger charge is 2.20. The maximum Gasteiger partial charge on any atom is 0.419 e. The third-order valence-electron chi connectivity index (χ3n) is 3.01. The summed E-state index contributed by atoms with van der Waals surface area (Å²) < 4.78 is 4.53. The standard InChI is InChI=1S/C12H11NO3S/c14-11-8-4-1-3-7(9-5-2-6-17-9)10(8)13-12(15)16-11/h1,3-4,9H,2,5-6H2,(H,13,15). The van der Waals surface area contributed by atoms with Crippen LogP contribution in [0.25, 0.3) is 10.9 Å². The van der Waals surface area contributed by atoms with Crippen LogP contribution in [0.4, 0.5) is 0 Å². The monoisotopic (exact) mass is 249 g/mol. The van der Waals surface area contributed by atoms with Crippen molar-refractivity contribution in [3.05, 3.63) is 44.7 Å². The van der Waals surface area contributed by atoms with Gasteiger partial charge in [0.15, 0.2) is 0 Å². The Morgan fingerprint density at radius 1 is 1.35 bits per heavy atom. The Balaban J connectivity index is 2.31. The van der Waals surface area contributed by atoms with Crippen LogP contribution < -0.4 is 11.4 Å². The molecule has 1 aromatic carbocycles. The van der Waals surface area contributed by atoms with E-state index in [-0.39, 0.29) is 0 Å². The quantitative estimate of drug-likeness (QED) is 0.840. The van der Waals surface area contributed by atoms with Crippen LogP contribution >= 0.6 is 11.8 Å². The molecule has 1 aliphatic heterocycles. The molecule has 1 aromatic heterocycles. The first-order valence-electron chi connectivity index (χ1n) is 5.53. The number of para-hydroxylation sites is 1. The second kappa shape index (κ2) is 4.07. The van der Waals surface area contributed by atoms with Crippen LogP contribution in [0.1, 0.15) is 23.7 Å². The number of H-pyrrole nitrogens is 1. The zero-order valence-corrected chi connectivity index (χ0v) is 9.88. The Hall–Kier alpha value is -1.49. The van der Waals surface area contributed by atoms with Gasteiger partial charge in [-0.3, -0.25) is 4.98 Å². The van der Waals surface area contributed by atoms with Crippen molar-refractivity contribution in [2.45, 2.75) is 18.1 Å². The molecule has 1 saturated heterocycles. The van der Waals surface area contributed by atoms with Crippen LogP contribution in [0.3, 0.4) is 0 Å². The molecule has 2 aromatic rings. The number of hydrogen-bond donors (Lipinski definition) is 1. The predicted octanol–water partition coefficient (Wildman–Crippen LogP) is 2.05. The molecular weight excluding hydrogens is 238 g/mol. The molecule has 2 heterocycles. The average Bonchev–Trinajstić information content (AvgIpc) is 2.81. The van der Waals surface area contributed by atoms with E-state index in [0.717, 1.165) is 17.7 Å². The smallest absolute Gasteiger partial charge is 0.372 e. The molecule has 0 radical (unpaired) electrons. The minimum absolute atomic E-state index is 0.371. The largest absolute Gasteiger partial charge is 0.419 e. The minimum atomic E-state index is -0.682. The van der Waals surface area contributed by atoms with Gasteiger partial charge in [0.2, 0.25) is 0 Å². The summed E-state index contributed by atoms with van der Waals surface area (Å²) in [6.07, 6.45) is 2.27. The summed E-state index contributed by atoms with van der Waals surface area (Å²) in [7, 11) is 0. The molecule has 88 valence electrons. The summed E-state index contributed by atoms with van der Waals surface area (Å²) in [6.45, 7) is 0. The molecule has 1 fully saturated rings. The van der Waals surface area contributed by atoms with Gasteiger partial charge in [0.05, 0.1) is 10.9 Å². The molecule has 1 unspecified atom stereocenters. The minimum Gasteiger partial charge on any atom is -0.372 e. The van der Waals surface area contributed by atoms with Crippen molar-refractivity contribution in [3.63, 3.8) is 0 Å². The molecule has 1 N–H and O–H groups in total. The number of hydrogen-bond acceptors (Lipinski definition) is 4. The average molecular weight is 249 g/mol. The second-order valence-corrected chi connectivity index (χ2v) is 5.38. The molecule has 0 amide bonds. The van der Waals surface area contributed by atoms with Crippen molar-refractivity contribution in [1.82, 2.24) is 4.98 Å². The molecule has 1 aliphatic rings. The molecular formula is C12H11NO3S. The topological polar surface area (TPSA) is 63.1 Å². The van der Waals surface area contributed by atoms with Gasteiger partial charge >= 0.3 is 11.4 Å². The number of benzene rings is 1. The molecule has 0 saturated carbocycles. The second-order valence-electron chi connectivity index (χ2n) is 4.07. The number of fused-ring (bicyclic) bond motifs is 1. The summed E-state index contributed by atoms with van der Waals surface area (Å²) in [5, 5.41) is 0.825. The van der Waals surface area contributed by atoms with Gasteiger partial charge in [0, 0.05) is 5.25 Å². The highest BCUT2D eigenvalue weighted by atomic mass is 32.2. The van der Waals surface area contributed by atoms with Gasteiger partial charge in [-0.25, -0.2) is 9.59 Å². The highest BCUT2D eigenvalue weighted by molar-refractivity contribution is 7.99. The van der Waals surface area contributed by atoms with E-state index in [1.54, 1.807) is 6.07 Å². The van der Waals surface area contributed by atoms with Crippen LogP contribution in [0, 0.1) is 0 Å². The first kappa shape index (κ1) is 10.7. The Kier molecular flexibility index (Phi) is 2.55. The Morgan fingerprint density at radius 2 is 2.24 bits per heavy atom. The van der Waals surface area contributed by atoms with Gasteiger partial charge in [-0.2, -0.15) is 11.8 Å². The van der Waals surface area contributed by atoms with Crippen molar-refractivity contribution in [1.29, 1.82) is 0 Å². The van der Waals surface area contributed by atoms with Crippen LogP contribution in [0.2, 0.25) is 0 Å². The van der Waals surface area contributed by atoms with Crippen LogP contribution in [0.15, 0.2) is 32.2 Å². The Morgan fingerprint density at radius 3 is 3.00 bits per heavy atom. The Labute approximate surface area is 101 Å². The zero-order chi connectivity index (χ0) is 11.8. The molecule has 0 spiro atoms. The van der Waals surface area contributed by atoms with Crippen LogP contribution in [-0.4, -0.2) is 10.7 Å². The van der Waals surface area contributed by atoms with E-state index in [0.29, 0.717) is 16.2 Å². The van der Waals surface area contributed by atoms with Crippen LogP contribution in [0.5, 0.6) is 0 Å². The first-order valence-corrected chi connectivity index (χ1v) is 6.58. The molecule has 5 heteroatoms. The van der Waals surface area contributed by atoms with Crippen molar-refractivity contribution in [3.8, 4) is 0 Å². The molecule has 0 bridgehead atoms. The van der Waals surface area contributed by atoms with Gasteiger partial charge in [-0.1, -0.05) is 12.1 Å². The maximum absolute atomic E-state index is 11.6. The van der Waals surface area contributed by atoms with E-state index < -0.39 is 11.4 Å². The van der Waals surface area contributed by atoms with Crippen molar-refractivity contribution >= 4 is 22.7 Å². The number of thioether (sulfide) groups is 1. The number of rotatable bonds is 1. The Bertz CT molecular complexity index is 667. The summed E-state index contributed by atoms with van der Waals surface area (Å²) in [4.78, 5) is 25.5. The zero-order valence-electron chi connectivity index (χ0n) is 9.06. The predicted molar refractivity (Wildman–Crippen MR) is 67.5 cm³/mol. The third-order valence-corrected chi connectivity index (χ3v) is 4.42. The summed E-state index contributed by atoms with van der Waals surface area (Å²) >= 11 is 1.87. The SMILES string of the molecule is O=c1[nH]c2c(C3CCCS3)cccc2c(=O)o1. The molecule has 1 atom stereocenters. The molecule has 3 rings (SSSR count). The van der Waals surface area contributed by atoms with Crippen molar-refractivity contribution in [2.75, 3.05) is 5.75 Å². The lowest BCUT2D eigenvalue weighted by molar-refractivity contribution is 0.460. The van der Waals surface area contributed by atoms with Crippen molar-refractivity contribution < 1.29 is 4.42 Å². The number of aromatic amines is 1. The fraction of sp³-hybridized carbons (Fsp3) is 0.333. The molecule has 4 nitrogen and oxygen atoms in total. The van der Waals surface area contributed by atoms with Gasteiger partial charge in [0.1, 0.15) is 0 Å². The fourth-order valence-electron chi connectivity index (χ4n) is 2.24. The lowest BCUT2D eigenvalue weighted by Gasteiger charge is -2.10. The first-order chi connectivity index (χ1) is 8.25. The van der Waals surface area contributed by atoms with E-state index in [4.69, 9.17) is 0 Å². The summed E-state index contributed by atoms with van der Waals surface area (Å²) in [5.41, 5.74) is 1.11. The van der Waals surface area contributed by atoms with E-state index in [2.05, 4.69) is 9.40 Å². The lowest BCUT2D eigenvalue weighted by atomic mass is 10.1. The lowest BCUT2D eigenvalue weighted by Crippen LogP contribution is -2.15. The molecule has 17 heavy (non-hydrogen) atoms. The summed E-state index contributed by atoms with van der Waals surface area (Å²) in [5.74, 6) is 0.449. The van der Waals surface area contributed by atoms with Gasteiger partial charge in [-0.15, -0.1) is 0 Å². The van der Waals surface area contributed by atoms with E-state index >= 15 is 0 Å². The molecule has 0 aliphatic carbocycles. The van der Waals surface area contributed by atoms with E-state index in [9.17, 15) is 9.59 Å². The highest BCUT2D eigenvalue weighted by Crippen LogP contribution is 2.41. The third kappa shape index (κ3) is 1.80. The van der Waals surface area contributed by atoms with E-state index in [1.807, 2.05) is 23.9 Å². The van der Waals surface area contributed by atoms with Gasteiger partial charge in [-0.05, 0) is 30.2 Å². The normalized spacial score (nSPS) is 19.9.